The Morgan fingerprint density at radius 3 is 2.44 bits per heavy atom. The first-order valence-corrected chi connectivity index (χ1v) is 6.84. The number of methoxy groups -OCH3 is 1. The summed E-state index contributed by atoms with van der Waals surface area (Å²) in [4.78, 5) is 2.22. The zero-order valence-electron chi connectivity index (χ0n) is 12.1. The monoisotopic (exact) mass is 269 g/mol. The van der Waals surface area contributed by atoms with Gasteiger partial charge in [0.2, 0.25) is 0 Å². The van der Waals surface area contributed by atoms with Crippen molar-refractivity contribution in [2.75, 3.05) is 26.6 Å². The lowest BCUT2D eigenvalue weighted by atomic mass is 9.85. The van der Waals surface area contributed by atoms with E-state index in [4.69, 9.17) is 16.3 Å². The molecule has 2 nitrogen and oxygen atoms in total. The van der Waals surface area contributed by atoms with Gasteiger partial charge >= 0.3 is 0 Å². The third-order valence-corrected chi connectivity index (χ3v) is 3.16. The van der Waals surface area contributed by atoms with Crippen molar-refractivity contribution in [3.63, 3.8) is 0 Å². The van der Waals surface area contributed by atoms with Crippen LogP contribution in [0.5, 0.6) is 5.75 Å². The lowest BCUT2D eigenvalue weighted by molar-refractivity contribution is 0.346. The van der Waals surface area contributed by atoms with Crippen molar-refractivity contribution in [1.82, 2.24) is 4.90 Å². The number of hydrogen-bond acceptors (Lipinski definition) is 2. The van der Waals surface area contributed by atoms with Crippen molar-refractivity contribution in [2.24, 2.45) is 0 Å². The summed E-state index contributed by atoms with van der Waals surface area (Å²) >= 11 is 5.75. The van der Waals surface area contributed by atoms with Crippen LogP contribution in [-0.2, 0) is 12.0 Å². The van der Waals surface area contributed by atoms with E-state index in [9.17, 15) is 0 Å². The van der Waals surface area contributed by atoms with Crippen LogP contribution in [0.4, 0.5) is 0 Å². The van der Waals surface area contributed by atoms with E-state index in [0.717, 1.165) is 18.8 Å². The van der Waals surface area contributed by atoms with Crippen LogP contribution in [0.25, 0.3) is 0 Å². The summed E-state index contributed by atoms with van der Waals surface area (Å²) in [5.74, 6) is 1.63. The fourth-order valence-electron chi connectivity index (χ4n) is 1.97. The molecule has 102 valence electrons. The number of rotatable bonds is 5. The van der Waals surface area contributed by atoms with Gasteiger partial charge in [0, 0.05) is 19.0 Å². The van der Waals surface area contributed by atoms with Gasteiger partial charge in [-0.3, -0.25) is 0 Å². The Balaban J connectivity index is 2.96. The molecule has 0 aliphatic heterocycles. The minimum atomic E-state index is 0.0897. The van der Waals surface area contributed by atoms with E-state index in [0.29, 0.717) is 5.88 Å². The molecule has 0 fully saturated rings. The highest BCUT2D eigenvalue weighted by Crippen LogP contribution is 2.32. The van der Waals surface area contributed by atoms with Crippen LogP contribution in [0.2, 0.25) is 0 Å². The molecule has 0 radical (unpaired) electrons. The third kappa shape index (κ3) is 4.18. The Kier molecular flexibility index (Phi) is 5.48. The normalized spacial score (nSPS) is 11.9. The number of hydrogen-bond donors (Lipinski definition) is 0. The number of ether oxygens (including phenoxy) is 1. The number of benzene rings is 1. The van der Waals surface area contributed by atoms with Gasteiger partial charge in [-0.2, -0.15) is 0 Å². The predicted molar refractivity (Wildman–Crippen MR) is 78.7 cm³/mol. The van der Waals surface area contributed by atoms with E-state index in [1.54, 1.807) is 7.11 Å². The number of nitrogens with zero attached hydrogens (tertiary/aromatic N) is 1. The van der Waals surface area contributed by atoms with Crippen molar-refractivity contribution in [3.8, 4) is 5.75 Å². The SMILES string of the molecule is COc1ccc(CN(C)CCCl)cc1C(C)(C)C. The molecule has 0 unspecified atom stereocenters. The van der Waals surface area contributed by atoms with Gasteiger partial charge in [-0.25, -0.2) is 0 Å². The van der Waals surface area contributed by atoms with Crippen molar-refractivity contribution in [1.29, 1.82) is 0 Å². The number of halogens is 1. The summed E-state index contributed by atoms with van der Waals surface area (Å²) < 4.78 is 5.44. The second-order valence-electron chi connectivity index (χ2n) is 5.71. The molecule has 1 aromatic carbocycles. The standard InChI is InChI=1S/C15H24ClNO/c1-15(2,3)13-10-12(6-7-14(13)18-5)11-17(4)9-8-16/h6-7,10H,8-9,11H2,1-5H3. The van der Waals surface area contributed by atoms with Gasteiger partial charge in [-0.15, -0.1) is 11.6 Å². The maximum absolute atomic E-state index is 5.75. The molecule has 0 N–H and O–H groups in total. The van der Waals surface area contributed by atoms with Gasteiger partial charge in [-0.1, -0.05) is 32.9 Å². The Morgan fingerprint density at radius 2 is 1.94 bits per heavy atom. The molecule has 1 aromatic rings. The van der Waals surface area contributed by atoms with E-state index in [1.165, 1.54) is 11.1 Å². The maximum Gasteiger partial charge on any atom is 0.122 e. The van der Waals surface area contributed by atoms with Gasteiger partial charge in [0.05, 0.1) is 7.11 Å². The second-order valence-corrected chi connectivity index (χ2v) is 6.09. The minimum absolute atomic E-state index is 0.0897. The molecule has 0 aliphatic rings. The van der Waals surface area contributed by atoms with E-state index in [1.807, 2.05) is 0 Å². The molecular weight excluding hydrogens is 246 g/mol. The van der Waals surface area contributed by atoms with Gasteiger partial charge in [0.15, 0.2) is 0 Å². The summed E-state index contributed by atoms with van der Waals surface area (Å²) in [6, 6.07) is 6.42. The average molecular weight is 270 g/mol. The van der Waals surface area contributed by atoms with Crippen molar-refractivity contribution in [2.45, 2.75) is 32.7 Å². The van der Waals surface area contributed by atoms with E-state index in [2.05, 4.69) is 50.9 Å². The van der Waals surface area contributed by atoms with Crippen molar-refractivity contribution in [3.05, 3.63) is 29.3 Å². The highest BCUT2D eigenvalue weighted by molar-refractivity contribution is 6.18. The largest absolute Gasteiger partial charge is 0.496 e. The lowest BCUT2D eigenvalue weighted by Gasteiger charge is -2.24. The highest BCUT2D eigenvalue weighted by Gasteiger charge is 2.19. The molecule has 0 saturated carbocycles. The van der Waals surface area contributed by atoms with Gasteiger partial charge in [0.25, 0.3) is 0 Å². The maximum atomic E-state index is 5.75. The summed E-state index contributed by atoms with van der Waals surface area (Å²) in [7, 11) is 3.81. The molecule has 18 heavy (non-hydrogen) atoms. The molecule has 1 rings (SSSR count). The first-order chi connectivity index (χ1) is 8.38. The van der Waals surface area contributed by atoms with Crippen LogP contribution in [0, 0.1) is 0 Å². The van der Waals surface area contributed by atoms with E-state index in [-0.39, 0.29) is 5.41 Å². The Labute approximate surface area is 116 Å². The summed E-state index contributed by atoms with van der Waals surface area (Å²) in [5, 5.41) is 0. The molecule has 0 heterocycles. The Hall–Kier alpha value is -0.730. The zero-order valence-corrected chi connectivity index (χ0v) is 12.8. The van der Waals surface area contributed by atoms with E-state index < -0.39 is 0 Å². The fraction of sp³-hybridized carbons (Fsp3) is 0.600. The summed E-state index contributed by atoms with van der Waals surface area (Å²) in [5.41, 5.74) is 2.64. The Morgan fingerprint density at radius 1 is 1.28 bits per heavy atom. The topological polar surface area (TPSA) is 12.5 Å². The molecule has 0 bridgehead atoms. The minimum Gasteiger partial charge on any atom is -0.496 e. The molecule has 0 saturated heterocycles. The molecule has 0 amide bonds. The van der Waals surface area contributed by atoms with Crippen molar-refractivity contribution >= 4 is 11.6 Å². The molecule has 0 atom stereocenters. The van der Waals surface area contributed by atoms with E-state index >= 15 is 0 Å². The molecule has 0 aliphatic carbocycles. The van der Waals surface area contributed by atoms with Crippen LogP contribution in [0.3, 0.4) is 0 Å². The van der Waals surface area contributed by atoms with Gasteiger partial charge in [-0.05, 0) is 29.7 Å². The number of alkyl halides is 1. The van der Waals surface area contributed by atoms with Crippen LogP contribution >= 0.6 is 11.6 Å². The van der Waals surface area contributed by atoms with Gasteiger partial charge in [0.1, 0.15) is 5.75 Å². The summed E-state index contributed by atoms with van der Waals surface area (Å²) in [6.07, 6.45) is 0. The van der Waals surface area contributed by atoms with Crippen LogP contribution in [-0.4, -0.2) is 31.5 Å². The van der Waals surface area contributed by atoms with Crippen molar-refractivity contribution < 1.29 is 4.74 Å². The third-order valence-electron chi connectivity index (χ3n) is 2.99. The smallest absolute Gasteiger partial charge is 0.122 e. The first kappa shape index (κ1) is 15.3. The first-order valence-electron chi connectivity index (χ1n) is 6.30. The predicted octanol–water partition coefficient (Wildman–Crippen LogP) is 3.66. The molecular formula is C15H24ClNO. The Bertz CT molecular complexity index is 385. The van der Waals surface area contributed by atoms with Crippen LogP contribution in [0.15, 0.2) is 18.2 Å². The molecule has 0 aromatic heterocycles. The summed E-state index contributed by atoms with van der Waals surface area (Å²) in [6.45, 7) is 8.43. The second kappa shape index (κ2) is 6.44. The molecule has 0 spiro atoms. The zero-order chi connectivity index (χ0) is 13.8. The lowest BCUT2D eigenvalue weighted by Crippen LogP contribution is -2.21. The quantitative estimate of drug-likeness (QED) is 0.757. The average Bonchev–Trinajstić information content (AvgIpc) is 2.28. The fourth-order valence-corrected chi connectivity index (χ4v) is 2.26. The van der Waals surface area contributed by atoms with Crippen LogP contribution < -0.4 is 4.74 Å². The van der Waals surface area contributed by atoms with Gasteiger partial charge < -0.3 is 9.64 Å². The molecule has 3 heteroatoms. The highest BCUT2D eigenvalue weighted by atomic mass is 35.5. The van der Waals surface area contributed by atoms with Crippen LogP contribution in [0.1, 0.15) is 31.9 Å².